The second kappa shape index (κ2) is 14.0. The van der Waals surface area contributed by atoms with Crippen molar-refractivity contribution in [2.24, 2.45) is 23.3 Å². The number of carbonyl (C=O) groups is 5. The quantitative estimate of drug-likeness (QED) is 0.156. The molecule has 0 aliphatic rings. The fourth-order valence-electron chi connectivity index (χ4n) is 3.25. The van der Waals surface area contributed by atoms with Crippen LogP contribution in [0.15, 0.2) is 12.5 Å². The highest BCUT2D eigenvalue weighted by Crippen LogP contribution is 2.12. The van der Waals surface area contributed by atoms with Crippen molar-refractivity contribution in [3.05, 3.63) is 18.2 Å². The van der Waals surface area contributed by atoms with Crippen LogP contribution in [-0.2, 0) is 30.4 Å². The number of carbonyl (C=O) groups excluding carboxylic acids is 4. The Hall–Kier alpha value is -3.48. The summed E-state index contributed by atoms with van der Waals surface area (Å²) in [6, 6.07) is -4.33. The van der Waals surface area contributed by atoms with Gasteiger partial charge in [-0.1, -0.05) is 34.1 Å². The second-order valence-corrected chi connectivity index (χ2v) is 8.89. The van der Waals surface area contributed by atoms with Crippen molar-refractivity contribution in [1.29, 1.82) is 0 Å². The molecule has 0 fully saturated rings. The molecule has 1 aromatic rings. The molecule has 35 heavy (non-hydrogen) atoms. The lowest BCUT2D eigenvalue weighted by molar-refractivity contribution is -0.142. The smallest absolute Gasteiger partial charge is 0.326 e. The molecule has 1 aromatic heterocycles. The highest BCUT2D eigenvalue weighted by atomic mass is 16.4. The third-order valence-corrected chi connectivity index (χ3v) is 5.67. The number of carboxylic acids is 1. The van der Waals surface area contributed by atoms with Crippen molar-refractivity contribution in [2.45, 2.75) is 77.5 Å². The molecule has 0 radical (unpaired) electrons. The van der Waals surface area contributed by atoms with Crippen LogP contribution in [0.3, 0.4) is 0 Å². The number of hydrogen-bond acceptors (Lipinski definition) is 7. The number of primary amides is 1. The van der Waals surface area contributed by atoms with Crippen LogP contribution < -0.4 is 27.4 Å². The molecule has 5 atom stereocenters. The number of aromatic nitrogens is 2. The molecule has 196 valence electrons. The van der Waals surface area contributed by atoms with E-state index in [1.54, 1.807) is 20.8 Å². The Bertz CT molecular complexity index is 874. The summed E-state index contributed by atoms with van der Waals surface area (Å²) in [4.78, 5) is 67.8. The van der Waals surface area contributed by atoms with Crippen molar-refractivity contribution in [2.75, 3.05) is 0 Å². The summed E-state index contributed by atoms with van der Waals surface area (Å²) < 4.78 is 0. The van der Waals surface area contributed by atoms with Crippen molar-refractivity contribution in [3.8, 4) is 0 Å². The molecule has 9 N–H and O–H groups in total. The summed E-state index contributed by atoms with van der Waals surface area (Å²) in [5.74, 6) is -4.42. The van der Waals surface area contributed by atoms with Gasteiger partial charge in [0.15, 0.2) is 0 Å². The molecule has 0 spiro atoms. The van der Waals surface area contributed by atoms with Crippen molar-refractivity contribution in [3.63, 3.8) is 0 Å². The van der Waals surface area contributed by atoms with Crippen LogP contribution in [0.25, 0.3) is 0 Å². The van der Waals surface area contributed by atoms with Gasteiger partial charge in [-0.2, -0.15) is 0 Å². The maximum Gasteiger partial charge on any atom is 0.326 e. The lowest BCUT2D eigenvalue weighted by Crippen LogP contribution is -2.60. The molecule has 1 heterocycles. The first kappa shape index (κ1) is 29.6. The van der Waals surface area contributed by atoms with E-state index in [0.717, 1.165) is 0 Å². The van der Waals surface area contributed by atoms with Gasteiger partial charge in [0.05, 0.1) is 12.4 Å². The molecule has 0 aromatic carbocycles. The highest BCUT2D eigenvalue weighted by Gasteiger charge is 2.34. The summed E-state index contributed by atoms with van der Waals surface area (Å²) in [5.41, 5.74) is 11.4. The van der Waals surface area contributed by atoms with Crippen molar-refractivity contribution < 1.29 is 29.1 Å². The fraction of sp³-hybridized carbons (Fsp3) is 0.636. The van der Waals surface area contributed by atoms with Crippen LogP contribution in [0.1, 0.15) is 52.7 Å². The van der Waals surface area contributed by atoms with Gasteiger partial charge in [-0.05, 0) is 18.3 Å². The Morgan fingerprint density at radius 2 is 1.63 bits per heavy atom. The highest BCUT2D eigenvalue weighted by molar-refractivity contribution is 5.94. The van der Waals surface area contributed by atoms with E-state index in [1.165, 1.54) is 12.5 Å². The molecule has 0 bridgehead atoms. The zero-order chi connectivity index (χ0) is 26.7. The fourth-order valence-corrected chi connectivity index (χ4v) is 3.25. The van der Waals surface area contributed by atoms with E-state index >= 15 is 0 Å². The number of nitrogens with one attached hydrogen (secondary N) is 4. The van der Waals surface area contributed by atoms with Crippen LogP contribution in [0, 0.1) is 11.8 Å². The summed E-state index contributed by atoms with van der Waals surface area (Å²) in [7, 11) is 0. The molecular weight excluding hydrogens is 458 g/mol. The lowest BCUT2D eigenvalue weighted by atomic mass is 9.95. The van der Waals surface area contributed by atoms with Gasteiger partial charge >= 0.3 is 5.97 Å². The average Bonchev–Trinajstić information content (AvgIpc) is 3.30. The Morgan fingerprint density at radius 3 is 2.11 bits per heavy atom. The van der Waals surface area contributed by atoms with E-state index in [2.05, 4.69) is 25.9 Å². The molecule has 13 heteroatoms. The zero-order valence-electron chi connectivity index (χ0n) is 20.5. The summed E-state index contributed by atoms with van der Waals surface area (Å²) in [6.45, 7) is 7.00. The molecule has 5 unspecified atom stereocenters. The second-order valence-electron chi connectivity index (χ2n) is 8.89. The first-order valence-electron chi connectivity index (χ1n) is 11.5. The average molecular weight is 496 g/mol. The first-order valence-corrected chi connectivity index (χ1v) is 11.5. The van der Waals surface area contributed by atoms with Gasteiger partial charge in [0, 0.05) is 24.7 Å². The molecule has 0 saturated carbocycles. The SMILES string of the molecule is CCC(C)C(NC(=O)C(NC(=O)C(N)CCC(N)=O)C(C)C)C(=O)NC(Cc1cnc[nH]1)C(=O)O. The van der Waals surface area contributed by atoms with Crippen molar-refractivity contribution >= 4 is 29.6 Å². The number of carboxylic acid groups (broad SMARTS) is 1. The van der Waals surface area contributed by atoms with E-state index in [9.17, 15) is 29.1 Å². The molecule has 1 rings (SSSR count). The first-order chi connectivity index (χ1) is 16.4. The minimum Gasteiger partial charge on any atom is -0.480 e. The van der Waals surface area contributed by atoms with Gasteiger partial charge in [0.2, 0.25) is 23.6 Å². The number of nitrogens with zero attached hydrogens (tertiary/aromatic N) is 1. The molecule has 4 amide bonds. The van der Waals surface area contributed by atoms with Gasteiger partial charge in [-0.15, -0.1) is 0 Å². The maximum absolute atomic E-state index is 13.1. The number of aliphatic carboxylic acids is 1. The molecule has 13 nitrogen and oxygen atoms in total. The number of hydrogen-bond donors (Lipinski definition) is 7. The number of H-pyrrole nitrogens is 1. The number of imidazole rings is 1. The Balaban J connectivity index is 2.94. The Kier molecular flexibility index (Phi) is 11.9. The zero-order valence-corrected chi connectivity index (χ0v) is 20.5. The summed E-state index contributed by atoms with van der Waals surface area (Å²) in [6.07, 6.45) is 3.31. The topological polar surface area (TPSA) is 222 Å². The van der Waals surface area contributed by atoms with Crippen LogP contribution >= 0.6 is 0 Å². The van der Waals surface area contributed by atoms with E-state index < -0.39 is 53.8 Å². The van der Waals surface area contributed by atoms with Crippen LogP contribution in [0.5, 0.6) is 0 Å². The van der Waals surface area contributed by atoms with E-state index in [4.69, 9.17) is 11.5 Å². The number of aromatic amines is 1. The normalized spacial score (nSPS) is 15.4. The standard InChI is InChI=1S/C22H37N7O6/c1-5-12(4)18(21(33)27-15(22(34)35)8-13-9-25-10-26-13)29-20(32)17(11(2)3)28-19(31)14(23)6-7-16(24)30/h9-12,14-15,17-18H,5-8,23H2,1-4H3,(H2,24,30)(H,25,26)(H,27,33)(H,28,31)(H,29,32)(H,34,35). The number of nitrogens with two attached hydrogens (primary N) is 2. The maximum atomic E-state index is 13.1. The third kappa shape index (κ3) is 9.73. The number of amides is 4. The largest absolute Gasteiger partial charge is 0.480 e. The van der Waals surface area contributed by atoms with Crippen molar-refractivity contribution in [1.82, 2.24) is 25.9 Å². The van der Waals surface area contributed by atoms with E-state index in [-0.39, 0.29) is 31.1 Å². The van der Waals surface area contributed by atoms with Crippen LogP contribution in [0.4, 0.5) is 0 Å². The van der Waals surface area contributed by atoms with Gasteiger partial charge < -0.3 is 37.5 Å². The molecule has 0 aliphatic heterocycles. The molecule has 0 aliphatic carbocycles. The summed E-state index contributed by atoms with van der Waals surface area (Å²) in [5, 5.41) is 17.2. The predicted molar refractivity (Wildman–Crippen MR) is 126 cm³/mol. The van der Waals surface area contributed by atoms with Gasteiger partial charge in [0.1, 0.15) is 18.1 Å². The summed E-state index contributed by atoms with van der Waals surface area (Å²) >= 11 is 0. The third-order valence-electron chi connectivity index (χ3n) is 5.67. The number of rotatable bonds is 15. The lowest BCUT2D eigenvalue weighted by Gasteiger charge is -2.29. The Morgan fingerprint density at radius 1 is 1.03 bits per heavy atom. The molecular formula is C22H37N7O6. The van der Waals surface area contributed by atoms with Gasteiger partial charge in [-0.25, -0.2) is 9.78 Å². The minimum absolute atomic E-state index is 0.0177. The van der Waals surface area contributed by atoms with E-state index in [0.29, 0.717) is 12.1 Å². The van der Waals surface area contributed by atoms with Crippen LogP contribution in [-0.4, -0.2) is 68.8 Å². The molecule has 0 saturated heterocycles. The van der Waals surface area contributed by atoms with E-state index in [1.807, 2.05) is 6.92 Å². The monoisotopic (exact) mass is 495 g/mol. The minimum atomic E-state index is -1.24. The Labute approximate surface area is 204 Å². The van der Waals surface area contributed by atoms with Crippen LogP contribution in [0.2, 0.25) is 0 Å². The predicted octanol–water partition coefficient (Wildman–Crippen LogP) is -1.21. The van der Waals surface area contributed by atoms with Gasteiger partial charge in [-0.3, -0.25) is 19.2 Å². The van der Waals surface area contributed by atoms with Gasteiger partial charge in [0.25, 0.3) is 0 Å².